The van der Waals surface area contributed by atoms with Crippen molar-refractivity contribution in [3.8, 4) is 0 Å². The van der Waals surface area contributed by atoms with Crippen LogP contribution in [0.4, 0.5) is 0 Å². The Morgan fingerprint density at radius 2 is 2.20 bits per heavy atom. The predicted octanol–water partition coefficient (Wildman–Crippen LogP) is 3.06. The molecule has 0 saturated heterocycles. The van der Waals surface area contributed by atoms with E-state index in [0.717, 1.165) is 24.2 Å². The first kappa shape index (κ1) is 9.99. The van der Waals surface area contributed by atoms with Crippen molar-refractivity contribution in [2.75, 3.05) is 13.1 Å². The molecular weight excluding hydrogens is 186 g/mol. The Labute approximate surface area is 89.6 Å². The largest absolute Gasteiger partial charge is 0.464 e. The molecule has 1 aromatic heterocycles. The van der Waals surface area contributed by atoms with E-state index in [1.807, 2.05) is 18.2 Å². The zero-order valence-corrected chi connectivity index (χ0v) is 8.86. The van der Waals surface area contributed by atoms with Gasteiger partial charge < -0.3 is 9.73 Å². The van der Waals surface area contributed by atoms with Crippen LogP contribution in [0, 0.1) is 0 Å². The van der Waals surface area contributed by atoms with Gasteiger partial charge in [-0.15, -0.1) is 0 Å². The van der Waals surface area contributed by atoms with Gasteiger partial charge in [0, 0.05) is 17.5 Å². The average molecular weight is 201 g/mol. The molecule has 2 heteroatoms. The van der Waals surface area contributed by atoms with E-state index in [-0.39, 0.29) is 0 Å². The number of furan rings is 1. The molecule has 2 aromatic rings. The lowest BCUT2D eigenvalue weighted by Crippen LogP contribution is -2.11. The second kappa shape index (κ2) is 4.80. The summed E-state index contributed by atoms with van der Waals surface area (Å²) in [5, 5.41) is 4.41. The van der Waals surface area contributed by atoms with Crippen molar-refractivity contribution in [2.45, 2.75) is 6.92 Å². The number of likely N-dealkylation sites (N-methyl/N-ethyl adjacent to an activating group) is 1. The van der Waals surface area contributed by atoms with E-state index in [9.17, 15) is 0 Å². The quantitative estimate of drug-likeness (QED) is 0.769. The van der Waals surface area contributed by atoms with Crippen LogP contribution in [0.25, 0.3) is 17.0 Å². The molecule has 0 spiro atoms. The number of para-hydroxylation sites is 1. The van der Waals surface area contributed by atoms with Crippen molar-refractivity contribution < 1.29 is 4.42 Å². The molecule has 1 aromatic carbocycles. The lowest BCUT2D eigenvalue weighted by atomic mass is 10.1. The first-order valence-electron chi connectivity index (χ1n) is 5.25. The molecule has 2 rings (SSSR count). The van der Waals surface area contributed by atoms with E-state index in [2.05, 4.69) is 30.5 Å². The van der Waals surface area contributed by atoms with Crippen LogP contribution in [-0.2, 0) is 0 Å². The summed E-state index contributed by atoms with van der Waals surface area (Å²) in [6.45, 7) is 3.99. The minimum absolute atomic E-state index is 0.899. The first-order valence-corrected chi connectivity index (χ1v) is 5.25. The second-order valence-electron chi connectivity index (χ2n) is 3.40. The molecule has 0 atom stereocenters. The molecule has 2 nitrogen and oxygen atoms in total. The van der Waals surface area contributed by atoms with Gasteiger partial charge in [0.2, 0.25) is 0 Å². The first-order chi connectivity index (χ1) is 7.42. The van der Waals surface area contributed by atoms with Crippen LogP contribution in [0.2, 0.25) is 0 Å². The Bertz CT molecular complexity index is 456. The van der Waals surface area contributed by atoms with Crippen LogP contribution >= 0.6 is 0 Å². The maximum Gasteiger partial charge on any atom is 0.134 e. The fourth-order valence-corrected chi connectivity index (χ4v) is 1.54. The zero-order chi connectivity index (χ0) is 10.5. The van der Waals surface area contributed by atoms with Gasteiger partial charge in [-0.25, -0.2) is 0 Å². The highest BCUT2D eigenvalue weighted by molar-refractivity contribution is 5.86. The molecule has 78 valence electrons. The summed E-state index contributed by atoms with van der Waals surface area (Å²) in [5.41, 5.74) is 2.09. The number of nitrogens with one attached hydrogen (secondary N) is 1. The van der Waals surface area contributed by atoms with Gasteiger partial charge in [0.1, 0.15) is 5.58 Å². The summed E-state index contributed by atoms with van der Waals surface area (Å²) in [7, 11) is 0. The molecule has 0 unspecified atom stereocenters. The van der Waals surface area contributed by atoms with Crippen molar-refractivity contribution in [1.82, 2.24) is 5.32 Å². The Kier molecular flexibility index (Phi) is 3.20. The topological polar surface area (TPSA) is 25.2 Å². The van der Waals surface area contributed by atoms with E-state index in [4.69, 9.17) is 4.42 Å². The van der Waals surface area contributed by atoms with Crippen LogP contribution in [0.1, 0.15) is 12.5 Å². The maximum absolute atomic E-state index is 5.43. The number of hydrogen-bond donors (Lipinski definition) is 1. The summed E-state index contributed by atoms with van der Waals surface area (Å²) in [5.74, 6) is 0. The SMILES string of the molecule is CCNC/C=C/c1coc2ccccc12. The Balaban J connectivity index is 2.17. The molecule has 0 radical (unpaired) electrons. The normalized spacial score (nSPS) is 11.5. The third kappa shape index (κ3) is 2.28. The van der Waals surface area contributed by atoms with Crippen LogP contribution in [0.15, 0.2) is 41.0 Å². The van der Waals surface area contributed by atoms with Crippen molar-refractivity contribution in [3.05, 3.63) is 42.2 Å². The summed E-state index contributed by atoms with van der Waals surface area (Å²) >= 11 is 0. The fourth-order valence-electron chi connectivity index (χ4n) is 1.54. The number of hydrogen-bond acceptors (Lipinski definition) is 2. The van der Waals surface area contributed by atoms with Crippen LogP contribution in [0.5, 0.6) is 0 Å². The van der Waals surface area contributed by atoms with Crippen molar-refractivity contribution in [1.29, 1.82) is 0 Å². The van der Waals surface area contributed by atoms with Gasteiger partial charge in [-0.3, -0.25) is 0 Å². The minimum atomic E-state index is 0.899. The fraction of sp³-hybridized carbons (Fsp3) is 0.231. The molecule has 0 aliphatic carbocycles. The Hall–Kier alpha value is -1.54. The molecule has 0 aliphatic heterocycles. The average Bonchev–Trinajstić information content (AvgIpc) is 2.68. The molecule has 1 heterocycles. The van der Waals surface area contributed by atoms with E-state index in [1.54, 1.807) is 6.26 Å². The monoisotopic (exact) mass is 201 g/mol. The molecule has 0 amide bonds. The summed E-state index contributed by atoms with van der Waals surface area (Å²) < 4.78 is 5.43. The van der Waals surface area contributed by atoms with E-state index in [1.165, 1.54) is 5.39 Å². The van der Waals surface area contributed by atoms with Crippen LogP contribution in [0.3, 0.4) is 0 Å². The molecule has 0 saturated carbocycles. The molecule has 0 bridgehead atoms. The molecular formula is C13H15NO. The molecule has 0 fully saturated rings. The minimum Gasteiger partial charge on any atom is -0.464 e. The standard InChI is InChI=1S/C13H15NO/c1-2-14-9-5-6-11-10-15-13-8-4-3-7-12(11)13/h3-8,10,14H,2,9H2,1H3/b6-5+. The lowest BCUT2D eigenvalue weighted by molar-refractivity contribution is 0.615. The van der Waals surface area contributed by atoms with E-state index >= 15 is 0 Å². The second-order valence-corrected chi connectivity index (χ2v) is 3.40. The molecule has 15 heavy (non-hydrogen) atoms. The Morgan fingerprint density at radius 3 is 3.07 bits per heavy atom. The number of rotatable bonds is 4. The van der Waals surface area contributed by atoms with Crippen molar-refractivity contribution >= 4 is 17.0 Å². The smallest absolute Gasteiger partial charge is 0.134 e. The summed E-state index contributed by atoms with van der Waals surface area (Å²) in [6, 6.07) is 8.07. The number of fused-ring (bicyclic) bond motifs is 1. The number of benzene rings is 1. The van der Waals surface area contributed by atoms with Crippen LogP contribution in [-0.4, -0.2) is 13.1 Å². The van der Waals surface area contributed by atoms with Gasteiger partial charge in [-0.1, -0.05) is 37.3 Å². The van der Waals surface area contributed by atoms with Gasteiger partial charge in [0.15, 0.2) is 0 Å². The zero-order valence-electron chi connectivity index (χ0n) is 8.86. The Morgan fingerprint density at radius 1 is 1.33 bits per heavy atom. The highest BCUT2D eigenvalue weighted by Crippen LogP contribution is 2.21. The third-order valence-corrected chi connectivity index (χ3v) is 2.32. The highest BCUT2D eigenvalue weighted by atomic mass is 16.3. The van der Waals surface area contributed by atoms with Gasteiger partial charge in [-0.2, -0.15) is 0 Å². The maximum atomic E-state index is 5.43. The van der Waals surface area contributed by atoms with Gasteiger partial charge in [-0.05, 0) is 12.6 Å². The third-order valence-electron chi connectivity index (χ3n) is 2.32. The summed E-state index contributed by atoms with van der Waals surface area (Å²) in [4.78, 5) is 0. The van der Waals surface area contributed by atoms with Crippen LogP contribution < -0.4 is 5.32 Å². The van der Waals surface area contributed by atoms with Crippen molar-refractivity contribution in [3.63, 3.8) is 0 Å². The molecule has 1 N–H and O–H groups in total. The highest BCUT2D eigenvalue weighted by Gasteiger charge is 2.00. The van der Waals surface area contributed by atoms with Gasteiger partial charge in [0.05, 0.1) is 6.26 Å². The molecule has 0 aliphatic rings. The lowest BCUT2D eigenvalue weighted by Gasteiger charge is -1.92. The van der Waals surface area contributed by atoms with E-state index < -0.39 is 0 Å². The predicted molar refractivity (Wildman–Crippen MR) is 63.8 cm³/mol. The van der Waals surface area contributed by atoms with E-state index in [0.29, 0.717) is 0 Å². The summed E-state index contributed by atoms with van der Waals surface area (Å²) in [6.07, 6.45) is 6.00. The van der Waals surface area contributed by atoms with Gasteiger partial charge in [0.25, 0.3) is 0 Å². The van der Waals surface area contributed by atoms with Gasteiger partial charge >= 0.3 is 0 Å². The van der Waals surface area contributed by atoms with Crippen molar-refractivity contribution in [2.24, 2.45) is 0 Å².